The van der Waals surface area contributed by atoms with Crippen LogP contribution in [0.5, 0.6) is 0 Å². The van der Waals surface area contributed by atoms with Crippen LogP contribution in [-0.2, 0) is 4.74 Å². The summed E-state index contributed by atoms with van der Waals surface area (Å²) in [5, 5.41) is 0. The number of anilines is 2. The maximum Gasteiger partial charge on any atom is 0.0594 e. The highest BCUT2D eigenvalue weighted by Crippen LogP contribution is 2.24. The van der Waals surface area contributed by atoms with Gasteiger partial charge < -0.3 is 15.4 Å². The molecule has 0 radical (unpaired) electrons. The summed E-state index contributed by atoms with van der Waals surface area (Å²) in [6.45, 7) is 6.22. The Labute approximate surface area is 108 Å². The Balaban J connectivity index is 1.62. The first-order chi connectivity index (χ1) is 8.83. The van der Waals surface area contributed by atoms with Crippen LogP contribution in [0.15, 0.2) is 24.3 Å². The molecular weight excluding hydrogens is 226 g/mol. The first-order valence-corrected chi connectivity index (χ1v) is 6.75. The van der Waals surface area contributed by atoms with Crippen molar-refractivity contribution in [2.75, 3.05) is 50.0 Å². The van der Waals surface area contributed by atoms with Gasteiger partial charge in [0, 0.05) is 43.6 Å². The van der Waals surface area contributed by atoms with Crippen molar-refractivity contribution in [1.29, 1.82) is 0 Å². The number of ether oxygens (including phenoxy) is 1. The molecule has 2 fully saturated rings. The summed E-state index contributed by atoms with van der Waals surface area (Å²) in [7, 11) is 0. The number of benzene rings is 1. The quantitative estimate of drug-likeness (QED) is 0.797. The molecular formula is C14H21N3O. The van der Waals surface area contributed by atoms with Gasteiger partial charge >= 0.3 is 0 Å². The Kier molecular flexibility index (Phi) is 3.39. The smallest absolute Gasteiger partial charge is 0.0594 e. The van der Waals surface area contributed by atoms with Crippen molar-refractivity contribution < 1.29 is 4.74 Å². The number of nitrogens with zero attached hydrogens (tertiary/aromatic N) is 2. The summed E-state index contributed by atoms with van der Waals surface area (Å²) in [6, 6.07) is 8.90. The molecule has 1 unspecified atom stereocenters. The molecule has 1 atom stereocenters. The predicted molar refractivity (Wildman–Crippen MR) is 73.9 cm³/mol. The van der Waals surface area contributed by atoms with Gasteiger partial charge in [0.05, 0.1) is 13.2 Å². The van der Waals surface area contributed by atoms with Crippen molar-refractivity contribution in [3.05, 3.63) is 24.3 Å². The predicted octanol–water partition coefficient (Wildman–Crippen LogP) is 1.18. The molecule has 2 heterocycles. The number of hydrogen-bond donors (Lipinski definition) is 1. The molecule has 0 bridgehead atoms. The summed E-state index contributed by atoms with van der Waals surface area (Å²) in [5.41, 5.74) is 7.86. The average Bonchev–Trinajstić information content (AvgIpc) is 2.90. The fraction of sp³-hybridized carbons (Fsp3) is 0.571. The van der Waals surface area contributed by atoms with Gasteiger partial charge in [-0.3, -0.25) is 4.90 Å². The lowest BCUT2D eigenvalue weighted by Crippen LogP contribution is -2.44. The molecule has 3 rings (SSSR count). The SMILES string of the molecule is Nc1ccc(N2CCC(N3CCOCC3)C2)cc1. The highest BCUT2D eigenvalue weighted by Gasteiger charge is 2.28. The molecule has 2 saturated heterocycles. The molecule has 4 heteroatoms. The lowest BCUT2D eigenvalue weighted by atomic mass is 10.2. The van der Waals surface area contributed by atoms with Crippen LogP contribution in [0.3, 0.4) is 0 Å². The van der Waals surface area contributed by atoms with E-state index < -0.39 is 0 Å². The molecule has 0 aromatic heterocycles. The molecule has 2 aliphatic rings. The number of nitrogen functional groups attached to an aromatic ring is 1. The zero-order valence-electron chi connectivity index (χ0n) is 10.7. The van der Waals surface area contributed by atoms with E-state index in [4.69, 9.17) is 10.5 Å². The third-order valence-corrected chi connectivity index (χ3v) is 3.98. The van der Waals surface area contributed by atoms with Gasteiger partial charge in [-0.25, -0.2) is 0 Å². The molecule has 1 aromatic rings. The van der Waals surface area contributed by atoms with E-state index in [1.54, 1.807) is 0 Å². The van der Waals surface area contributed by atoms with Crippen LogP contribution in [0.25, 0.3) is 0 Å². The van der Waals surface area contributed by atoms with E-state index in [-0.39, 0.29) is 0 Å². The van der Waals surface area contributed by atoms with Crippen molar-refractivity contribution in [2.45, 2.75) is 12.5 Å². The van der Waals surface area contributed by atoms with Crippen molar-refractivity contribution >= 4 is 11.4 Å². The third kappa shape index (κ3) is 2.44. The normalized spacial score (nSPS) is 25.6. The number of morpholine rings is 1. The largest absolute Gasteiger partial charge is 0.399 e. The minimum absolute atomic E-state index is 0.687. The number of nitrogens with two attached hydrogens (primary N) is 1. The Hall–Kier alpha value is -1.26. The van der Waals surface area contributed by atoms with Crippen molar-refractivity contribution in [2.24, 2.45) is 0 Å². The maximum atomic E-state index is 5.73. The van der Waals surface area contributed by atoms with Crippen LogP contribution >= 0.6 is 0 Å². The summed E-state index contributed by atoms with van der Waals surface area (Å²) >= 11 is 0. The van der Waals surface area contributed by atoms with E-state index in [9.17, 15) is 0 Å². The summed E-state index contributed by atoms with van der Waals surface area (Å²) in [4.78, 5) is 5.03. The van der Waals surface area contributed by atoms with Gasteiger partial charge in [0.1, 0.15) is 0 Å². The number of hydrogen-bond acceptors (Lipinski definition) is 4. The molecule has 98 valence electrons. The first kappa shape index (κ1) is 11.8. The lowest BCUT2D eigenvalue weighted by molar-refractivity contribution is 0.0209. The summed E-state index contributed by atoms with van der Waals surface area (Å²) < 4.78 is 5.41. The summed E-state index contributed by atoms with van der Waals surface area (Å²) in [6.07, 6.45) is 1.25. The van der Waals surface area contributed by atoms with Gasteiger partial charge in [-0.1, -0.05) is 0 Å². The minimum atomic E-state index is 0.687. The van der Waals surface area contributed by atoms with Crippen molar-refractivity contribution in [1.82, 2.24) is 4.90 Å². The van der Waals surface area contributed by atoms with Crippen LogP contribution in [-0.4, -0.2) is 50.3 Å². The molecule has 2 aliphatic heterocycles. The Morgan fingerprint density at radius 3 is 2.50 bits per heavy atom. The monoisotopic (exact) mass is 247 g/mol. The van der Waals surface area contributed by atoms with E-state index in [2.05, 4.69) is 21.9 Å². The first-order valence-electron chi connectivity index (χ1n) is 6.75. The van der Waals surface area contributed by atoms with E-state index in [0.29, 0.717) is 6.04 Å². The van der Waals surface area contributed by atoms with Gasteiger partial charge in [0.2, 0.25) is 0 Å². The van der Waals surface area contributed by atoms with Crippen LogP contribution in [0.4, 0.5) is 11.4 Å². The summed E-state index contributed by atoms with van der Waals surface area (Å²) in [5.74, 6) is 0. The Bertz CT molecular complexity index is 387. The van der Waals surface area contributed by atoms with Crippen LogP contribution in [0, 0.1) is 0 Å². The van der Waals surface area contributed by atoms with Gasteiger partial charge in [0.25, 0.3) is 0 Å². The second-order valence-electron chi connectivity index (χ2n) is 5.13. The van der Waals surface area contributed by atoms with Crippen LogP contribution < -0.4 is 10.6 Å². The van der Waals surface area contributed by atoms with Crippen LogP contribution in [0.1, 0.15) is 6.42 Å². The molecule has 0 saturated carbocycles. The van der Waals surface area contributed by atoms with Crippen molar-refractivity contribution in [3.8, 4) is 0 Å². The zero-order chi connectivity index (χ0) is 12.4. The second kappa shape index (κ2) is 5.16. The zero-order valence-corrected chi connectivity index (χ0v) is 10.7. The average molecular weight is 247 g/mol. The molecule has 4 nitrogen and oxygen atoms in total. The highest BCUT2D eigenvalue weighted by atomic mass is 16.5. The Morgan fingerprint density at radius 1 is 1.06 bits per heavy atom. The molecule has 0 amide bonds. The molecule has 18 heavy (non-hydrogen) atoms. The standard InChI is InChI=1S/C14H21N3O/c15-12-1-3-13(4-2-12)17-6-5-14(11-17)16-7-9-18-10-8-16/h1-4,14H,5-11,15H2. The van der Waals surface area contributed by atoms with E-state index >= 15 is 0 Å². The Morgan fingerprint density at radius 2 is 1.78 bits per heavy atom. The maximum absolute atomic E-state index is 5.73. The van der Waals surface area contributed by atoms with Gasteiger partial charge in [-0.05, 0) is 30.7 Å². The molecule has 0 aliphatic carbocycles. The minimum Gasteiger partial charge on any atom is -0.399 e. The number of rotatable bonds is 2. The molecule has 0 spiro atoms. The third-order valence-electron chi connectivity index (χ3n) is 3.98. The van der Waals surface area contributed by atoms with Gasteiger partial charge in [-0.2, -0.15) is 0 Å². The second-order valence-corrected chi connectivity index (χ2v) is 5.13. The van der Waals surface area contributed by atoms with Crippen molar-refractivity contribution in [3.63, 3.8) is 0 Å². The fourth-order valence-electron chi connectivity index (χ4n) is 2.90. The molecule has 1 aromatic carbocycles. The lowest BCUT2D eigenvalue weighted by Gasteiger charge is -2.32. The molecule has 2 N–H and O–H groups in total. The highest BCUT2D eigenvalue weighted by molar-refractivity contribution is 5.53. The van der Waals surface area contributed by atoms with E-state index in [1.807, 2.05) is 12.1 Å². The van der Waals surface area contributed by atoms with Gasteiger partial charge in [0.15, 0.2) is 0 Å². The topological polar surface area (TPSA) is 41.7 Å². The van der Waals surface area contributed by atoms with Gasteiger partial charge in [-0.15, -0.1) is 0 Å². The fourth-order valence-corrected chi connectivity index (χ4v) is 2.90. The van der Waals surface area contributed by atoms with Crippen LogP contribution in [0.2, 0.25) is 0 Å². The van der Waals surface area contributed by atoms with E-state index in [0.717, 1.165) is 45.1 Å². The van der Waals surface area contributed by atoms with E-state index in [1.165, 1.54) is 12.1 Å².